The Morgan fingerprint density at radius 2 is 2.18 bits per heavy atom. The first-order valence-electron chi connectivity index (χ1n) is 5.85. The van der Waals surface area contributed by atoms with Crippen LogP contribution in [0.4, 0.5) is 0 Å². The molecule has 3 heteroatoms. The van der Waals surface area contributed by atoms with Gasteiger partial charge in [-0.05, 0) is 25.5 Å². The van der Waals surface area contributed by atoms with Crippen molar-refractivity contribution in [2.24, 2.45) is 0 Å². The molecule has 1 aliphatic heterocycles. The molecule has 17 heavy (non-hydrogen) atoms. The molecule has 0 saturated heterocycles. The third kappa shape index (κ3) is 1.63. The molecule has 2 heterocycles. The minimum Gasteiger partial charge on any atom is -0.437 e. The number of pyridine rings is 1. The Kier molecular flexibility index (Phi) is 2.73. The third-order valence-electron chi connectivity index (χ3n) is 3.45. The molecule has 0 fully saturated rings. The van der Waals surface area contributed by atoms with Crippen molar-refractivity contribution in [1.29, 1.82) is 0 Å². The van der Waals surface area contributed by atoms with Crippen molar-refractivity contribution in [2.75, 3.05) is 11.0 Å². The second-order valence-electron chi connectivity index (χ2n) is 4.63. The number of aryl methyl sites for hydroxylation is 2. The highest BCUT2D eigenvalue weighted by Crippen LogP contribution is 2.28. The molecule has 0 spiro atoms. The topological polar surface area (TPSA) is 13.1 Å². The van der Waals surface area contributed by atoms with Crippen LogP contribution < -0.4 is 9.30 Å². The first-order valence-corrected chi connectivity index (χ1v) is 7.38. The molecule has 1 aromatic carbocycles. The Balaban J connectivity index is 2.43. The predicted octanol–water partition coefficient (Wildman–Crippen LogP) is 3.11. The second kappa shape index (κ2) is 4.12. The van der Waals surface area contributed by atoms with Crippen LogP contribution in [0, 0.1) is 13.8 Å². The van der Waals surface area contributed by atoms with Crippen molar-refractivity contribution < 1.29 is 9.30 Å². The molecule has 0 N–H and O–H groups in total. The summed E-state index contributed by atoms with van der Waals surface area (Å²) in [7, 11) is 0. The third-order valence-corrected chi connectivity index (χ3v) is 4.46. The summed E-state index contributed by atoms with van der Waals surface area (Å²) in [6.45, 7) is 5.14. The van der Waals surface area contributed by atoms with Crippen molar-refractivity contribution in [2.45, 2.75) is 19.9 Å². The molecule has 1 aliphatic rings. The second-order valence-corrected chi connectivity index (χ2v) is 5.51. The molecule has 2 nitrogen and oxygen atoms in total. The van der Waals surface area contributed by atoms with E-state index in [1.807, 2.05) is 0 Å². The summed E-state index contributed by atoms with van der Waals surface area (Å²) in [5, 5.41) is 1.34. The number of benzene rings is 1. The van der Waals surface area contributed by atoms with Gasteiger partial charge in [0.2, 0.25) is 11.6 Å². The van der Waals surface area contributed by atoms with E-state index in [2.05, 4.69) is 65.3 Å². The molecule has 0 radical (unpaired) electrons. The van der Waals surface area contributed by atoms with E-state index < -0.39 is 0 Å². The van der Waals surface area contributed by atoms with Crippen LogP contribution in [0.15, 0.2) is 24.3 Å². The lowest BCUT2D eigenvalue weighted by Crippen LogP contribution is -2.38. The Morgan fingerprint density at radius 1 is 1.35 bits per heavy atom. The Hall–Kier alpha value is -0.840. The number of nitrogens with zero attached hydrogens (tertiary/aromatic N) is 1. The van der Waals surface area contributed by atoms with Gasteiger partial charge in [-0.15, -0.1) is 0 Å². The SMILES string of the molecule is Cc1cc2[n+](c3c(C)cccc13)C(CI)CO2. The molecule has 2 aromatic rings. The van der Waals surface area contributed by atoms with Crippen LogP contribution in [0.2, 0.25) is 0 Å². The van der Waals surface area contributed by atoms with Crippen LogP contribution >= 0.6 is 22.6 Å². The lowest BCUT2D eigenvalue weighted by atomic mass is 10.1. The van der Waals surface area contributed by atoms with E-state index in [4.69, 9.17) is 4.74 Å². The van der Waals surface area contributed by atoms with Gasteiger partial charge in [-0.2, -0.15) is 4.57 Å². The summed E-state index contributed by atoms with van der Waals surface area (Å²) in [5.41, 5.74) is 3.96. The van der Waals surface area contributed by atoms with Crippen LogP contribution in [0.5, 0.6) is 5.88 Å². The fourth-order valence-electron chi connectivity index (χ4n) is 2.58. The molecule has 0 aliphatic carbocycles. The molecule has 0 amide bonds. The Morgan fingerprint density at radius 3 is 2.94 bits per heavy atom. The van der Waals surface area contributed by atoms with E-state index in [1.165, 1.54) is 22.0 Å². The van der Waals surface area contributed by atoms with Crippen molar-refractivity contribution >= 4 is 33.5 Å². The monoisotopic (exact) mass is 340 g/mol. The largest absolute Gasteiger partial charge is 0.437 e. The van der Waals surface area contributed by atoms with E-state index in [0.29, 0.717) is 6.04 Å². The molecule has 1 unspecified atom stereocenters. The summed E-state index contributed by atoms with van der Waals surface area (Å²) >= 11 is 2.44. The van der Waals surface area contributed by atoms with Gasteiger partial charge in [0.25, 0.3) is 0 Å². The predicted molar refractivity (Wildman–Crippen MR) is 77.0 cm³/mol. The Bertz CT molecular complexity index is 594. The number of halogens is 1. The van der Waals surface area contributed by atoms with Gasteiger partial charge < -0.3 is 4.74 Å². The first kappa shape index (κ1) is 11.3. The number of para-hydroxylation sites is 1. The molecule has 1 atom stereocenters. The quantitative estimate of drug-likeness (QED) is 0.442. The van der Waals surface area contributed by atoms with Gasteiger partial charge in [0, 0.05) is 10.9 Å². The van der Waals surface area contributed by atoms with Gasteiger partial charge in [-0.1, -0.05) is 34.7 Å². The van der Waals surface area contributed by atoms with E-state index in [9.17, 15) is 0 Å². The summed E-state index contributed by atoms with van der Waals surface area (Å²) in [6, 6.07) is 9.14. The highest BCUT2D eigenvalue weighted by Gasteiger charge is 2.34. The number of aromatic nitrogens is 1. The highest BCUT2D eigenvalue weighted by molar-refractivity contribution is 14.1. The van der Waals surface area contributed by atoms with Crippen LogP contribution in [0.1, 0.15) is 17.2 Å². The summed E-state index contributed by atoms with van der Waals surface area (Å²) in [6.07, 6.45) is 0. The first-order chi connectivity index (χ1) is 8.22. The normalized spacial score (nSPS) is 18.2. The molecule has 0 saturated carbocycles. The molecule has 0 bridgehead atoms. The molecule has 1 aromatic heterocycles. The highest BCUT2D eigenvalue weighted by atomic mass is 127. The van der Waals surface area contributed by atoms with Gasteiger partial charge in [0.05, 0.1) is 10.5 Å². The van der Waals surface area contributed by atoms with Crippen LogP contribution in [-0.2, 0) is 0 Å². The zero-order valence-electron chi connectivity index (χ0n) is 10.0. The summed E-state index contributed by atoms with van der Waals surface area (Å²) in [5.74, 6) is 1.02. The lowest BCUT2D eigenvalue weighted by molar-refractivity contribution is -0.674. The summed E-state index contributed by atoms with van der Waals surface area (Å²) in [4.78, 5) is 0. The lowest BCUT2D eigenvalue weighted by Gasteiger charge is -2.07. The van der Waals surface area contributed by atoms with Gasteiger partial charge in [-0.3, -0.25) is 0 Å². The van der Waals surface area contributed by atoms with Crippen molar-refractivity contribution in [3.05, 3.63) is 35.4 Å². The summed E-state index contributed by atoms with van der Waals surface area (Å²) < 4.78 is 9.25. The fraction of sp³-hybridized carbons (Fsp3) is 0.357. The zero-order valence-corrected chi connectivity index (χ0v) is 12.2. The number of hydrogen-bond donors (Lipinski definition) is 0. The van der Waals surface area contributed by atoms with Crippen molar-refractivity contribution in [3.63, 3.8) is 0 Å². The fourth-order valence-corrected chi connectivity index (χ4v) is 3.23. The standard InChI is InChI=1S/C14H15INO/c1-9-4-3-5-12-10(2)6-13-16(14(9)12)11(7-15)8-17-13/h3-6,11H,7-8H2,1-2H3/q+1. The number of alkyl halides is 1. The number of fused-ring (bicyclic) bond motifs is 3. The van der Waals surface area contributed by atoms with Crippen molar-refractivity contribution in [3.8, 4) is 5.88 Å². The number of hydrogen-bond acceptors (Lipinski definition) is 1. The maximum Gasteiger partial charge on any atom is 0.369 e. The maximum atomic E-state index is 5.80. The van der Waals surface area contributed by atoms with Gasteiger partial charge in [0.1, 0.15) is 0 Å². The van der Waals surface area contributed by atoms with Gasteiger partial charge in [0.15, 0.2) is 6.61 Å². The zero-order chi connectivity index (χ0) is 12.0. The molecular formula is C14H15INO+. The maximum absolute atomic E-state index is 5.80. The van der Waals surface area contributed by atoms with Gasteiger partial charge in [-0.25, -0.2) is 0 Å². The average molecular weight is 340 g/mol. The minimum atomic E-state index is 0.467. The Labute approximate surface area is 115 Å². The van der Waals surface area contributed by atoms with E-state index in [0.717, 1.165) is 16.9 Å². The molecular weight excluding hydrogens is 325 g/mol. The number of ether oxygens (including phenoxy) is 1. The van der Waals surface area contributed by atoms with E-state index in [-0.39, 0.29) is 0 Å². The smallest absolute Gasteiger partial charge is 0.369 e. The molecule has 88 valence electrons. The van der Waals surface area contributed by atoms with E-state index in [1.54, 1.807) is 0 Å². The van der Waals surface area contributed by atoms with Gasteiger partial charge >= 0.3 is 5.88 Å². The van der Waals surface area contributed by atoms with Crippen LogP contribution in [-0.4, -0.2) is 11.0 Å². The van der Waals surface area contributed by atoms with Crippen LogP contribution in [0.25, 0.3) is 10.9 Å². The van der Waals surface area contributed by atoms with Crippen LogP contribution in [0.3, 0.4) is 0 Å². The minimum absolute atomic E-state index is 0.467. The molecule has 3 rings (SSSR count). The van der Waals surface area contributed by atoms with E-state index >= 15 is 0 Å². The average Bonchev–Trinajstić information content (AvgIpc) is 2.72. The van der Waals surface area contributed by atoms with Crippen molar-refractivity contribution in [1.82, 2.24) is 0 Å². The number of rotatable bonds is 1.